The number of aromatic nitrogens is 4. The second kappa shape index (κ2) is 15.4. The van der Waals surface area contributed by atoms with Crippen LogP contribution in [0.5, 0.6) is 0 Å². The maximum Gasteiger partial charge on any atom is 0.335 e. The molecule has 0 saturated heterocycles. The van der Waals surface area contributed by atoms with Crippen LogP contribution >= 0.6 is 19.2 Å². The van der Waals surface area contributed by atoms with E-state index >= 15 is 0 Å². The average Bonchev–Trinajstić information content (AvgIpc) is 3.52. The first-order valence-corrected chi connectivity index (χ1v) is 15.7. The van der Waals surface area contributed by atoms with Crippen molar-refractivity contribution in [2.45, 2.75) is 32.5 Å². The molecular weight excluding hydrogens is 591 g/mol. The Balaban J connectivity index is 1.48. The van der Waals surface area contributed by atoms with Gasteiger partial charge in [-0.25, -0.2) is 0 Å². The molecule has 3 aromatic carbocycles. The molecule has 13 heteroatoms. The number of amides is 2. The van der Waals surface area contributed by atoms with Crippen molar-refractivity contribution in [2.75, 3.05) is 18.5 Å². The monoisotopic (exact) mass is 622 g/mol. The van der Waals surface area contributed by atoms with Crippen LogP contribution in [-0.4, -0.2) is 51.3 Å². The van der Waals surface area contributed by atoms with Crippen molar-refractivity contribution in [3.8, 4) is 5.69 Å². The maximum atomic E-state index is 13.4. The topological polar surface area (TPSA) is 137 Å². The molecule has 2 N–H and O–H groups in total. The van der Waals surface area contributed by atoms with Gasteiger partial charge in [-0.05, 0) is 71.8 Å². The number of nitrogens with one attached hydrogen (secondary N) is 2. The molecule has 1 heterocycles. The third kappa shape index (κ3) is 9.42. The van der Waals surface area contributed by atoms with Crippen molar-refractivity contribution in [1.29, 1.82) is 0 Å². The lowest BCUT2D eigenvalue weighted by Gasteiger charge is -2.19. The van der Waals surface area contributed by atoms with Gasteiger partial charge in [0, 0.05) is 28.8 Å². The standard InChI is InChI=1S/C30H32ClN6O5P/c1-3-41-43(40,42-4-2)20-23-10-14-26(15-11-23)33-30(39)27(18-22-8-6-5-7-9-22)34-29(38)17-12-24-19-25(31)13-16-28(24)37-21-32-35-36-37/h5-17,19,21,27H,3-4,18,20H2,1-2H3,(H,33,39)(H,34,38)/b17-12+/t27-/m0/s1. The van der Waals surface area contributed by atoms with Crippen molar-refractivity contribution < 1.29 is 23.2 Å². The summed E-state index contributed by atoms with van der Waals surface area (Å²) < 4.78 is 25.1. The Morgan fingerprint density at radius 3 is 2.37 bits per heavy atom. The summed E-state index contributed by atoms with van der Waals surface area (Å²) in [5.41, 5.74) is 3.37. The first kappa shape index (κ1) is 31.8. The number of nitrogens with zero attached hydrogens (tertiary/aromatic N) is 4. The van der Waals surface area contributed by atoms with Crippen molar-refractivity contribution >= 4 is 42.8 Å². The number of carbonyl (C=O) groups is 2. The highest BCUT2D eigenvalue weighted by atomic mass is 35.5. The summed E-state index contributed by atoms with van der Waals surface area (Å²) in [6.07, 6.45) is 4.73. The van der Waals surface area contributed by atoms with Crippen molar-refractivity contribution in [1.82, 2.24) is 25.5 Å². The highest BCUT2D eigenvalue weighted by Gasteiger charge is 2.24. The zero-order chi connectivity index (χ0) is 30.7. The predicted octanol–water partition coefficient (Wildman–Crippen LogP) is 5.46. The molecule has 4 aromatic rings. The first-order chi connectivity index (χ1) is 20.8. The highest BCUT2D eigenvalue weighted by molar-refractivity contribution is 7.53. The number of benzene rings is 3. The Kier molecular flexibility index (Phi) is 11.4. The van der Waals surface area contributed by atoms with Crippen LogP contribution in [0.1, 0.15) is 30.5 Å². The molecule has 0 fully saturated rings. The third-order valence-corrected chi connectivity index (χ3v) is 8.46. The molecule has 0 aliphatic carbocycles. The lowest BCUT2D eigenvalue weighted by atomic mass is 10.0. The minimum Gasteiger partial charge on any atom is -0.340 e. The summed E-state index contributed by atoms with van der Waals surface area (Å²) in [6, 6.07) is 20.5. The molecule has 0 aliphatic heterocycles. The molecule has 0 bridgehead atoms. The summed E-state index contributed by atoms with van der Waals surface area (Å²) >= 11 is 6.18. The minimum absolute atomic E-state index is 0.115. The molecule has 1 aromatic heterocycles. The van der Waals surface area contributed by atoms with Crippen molar-refractivity contribution in [3.63, 3.8) is 0 Å². The first-order valence-electron chi connectivity index (χ1n) is 13.6. The molecule has 2 amide bonds. The van der Waals surface area contributed by atoms with Gasteiger partial charge in [0.25, 0.3) is 0 Å². The Morgan fingerprint density at radius 1 is 1.00 bits per heavy atom. The van der Waals surface area contributed by atoms with Crippen LogP contribution < -0.4 is 10.6 Å². The fourth-order valence-electron chi connectivity index (χ4n) is 4.25. The molecule has 1 atom stereocenters. The van der Waals surface area contributed by atoms with Crippen LogP contribution in [-0.2, 0) is 35.8 Å². The van der Waals surface area contributed by atoms with E-state index < -0.39 is 25.5 Å². The molecule has 43 heavy (non-hydrogen) atoms. The van der Waals surface area contributed by atoms with Crippen LogP contribution in [0.2, 0.25) is 5.02 Å². The second-order valence-electron chi connectivity index (χ2n) is 9.33. The Bertz CT molecular complexity index is 1570. The zero-order valence-corrected chi connectivity index (χ0v) is 25.4. The normalized spacial score (nSPS) is 12.3. The number of carbonyl (C=O) groups excluding carboxylic acids is 2. The Hall–Kier alpha value is -4.15. The summed E-state index contributed by atoms with van der Waals surface area (Å²) in [6.45, 7) is 4.06. The largest absolute Gasteiger partial charge is 0.340 e. The zero-order valence-electron chi connectivity index (χ0n) is 23.7. The molecule has 11 nitrogen and oxygen atoms in total. The smallest absolute Gasteiger partial charge is 0.335 e. The van der Waals surface area contributed by atoms with Gasteiger partial charge in [0.15, 0.2) is 0 Å². The van der Waals surface area contributed by atoms with Gasteiger partial charge in [0.1, 0.15) is 12.4 Å². The van der Waals surface area contributed by atoms with Gasteiger partial charge in [0.2, 0.25) is 11.8 Å². The van der Waals surface area contributed by atoms with E-state index in [4.69, 9.17) is 20.6 Å². The van der Waals surface area contributed by atoms with Crippen LogP contribution in [0, 0.1) is 0 Å². The molecule has 0 unspecified atom stereocenters. The van der Waals surface area contributed by atoms with Gasteiger partial charge >= 0.3 is 7.60 Å². The lowest BCUT2D eigenvalue weighted by molar-refractivity contribution is -0.123. The van der Waals surface area contributed by atoms with Crippen LogP contribution in [0.4, 0.5) is 5.69 Å². The quantitative estimate of drug-likeness (QED) is 0.140. The van der Waals surface area contributed by atoms with E-state index in [0.717, 1.165) is 11.1 Å². The molecular formula is C30H32ClN6O5P. The maximum absolute atomic E-state index is 13.4. The molecule has 224 valence electrons. The van der Waals surface area contributed by atoms with E-state index in [9.17, 15) is 14.2 Å². The van der Waals surface area contributed by atoms with Crippen LogP contribution in [0.3, 0.4) is 0 Å². The van der Waals surface area contributed by atoms with E-state index in [0.29, 0.717) is 22.0 Å². The molecule has 0 spiro atoms. The van der Waals surface area contributed by atoms with Gasteiger partial charge in [-0.2, -0.15) is 4.68 Å². The molecule has 0 saturated carbocycles. The van der Waals surface area contributed by atoms with Gasteiger partial charge in [-0.3, -0.25) is 14.2 Å². The second-order valence-corrected chi connectivity index (χ2v) is 11.8. The summed E-state index contributed by atoms with van der Waals surface area (Å²) in [5, 5.41) is 17.4. The van der Waals surface area contributed by atoms with E-state index in [2.05, 4.69) is 26.2 Å². The molecule has 0 aliphatic rings. The highest BCUT2D eigenvalue weighted by Crippen LogP contribution is 2.51. The minimum atomic E-state index is -3.26. The summed E-state index contributed by atoms with van der Waals surface area (Å²) in [4.78, 5) is 26.4. The summed E-state index contributed by atoms with van der Waals surface area (Å²) in [5.74, 6) is -0.874. The van der Waals surface area contributed by atoms with E-state index in [1.54, 1.807) is 62.4 Å². The van der Waals surface area contributed by atoms with Gasteiger partial charge in [-0.1, -0.05) is 54.1 Å². The lowest BCUT2D eigenvalue weighted by Crippen LogP contribution is -2.44. The molecule has 4 rings (SSSR count). The van der Waals surface area contributed by atoms with E-state index in [-0.39, 0.29) is 25.8 Å². The SMILES string of the molecule is CCOP(=O)(Cc1ccc(NC(=O)[C@H](Cc2ccccc2)NC(=O)/C=C/c2cc(Cl)ccc2-n2cnnn2)cc1)OCC. The van der Waals surface area contributed by atoms with Crippen molar-refractivity contribution in [3.05, 3.63) is 107 Å². The van der Waals surface area contributed by atoms with Gasteiger partial charge in [0.05, 0.1) is 25.1 Å². The van der Waals surface area contributed by atoms with Gasteiger partial charge < -0.3 is 19.7 Å². The Morgan fingerprint density at radius 2 is 1.72 bits per heavy atom. The predicted molar refractivity (Wildman–Crippen MR) is 165 cm³/mol. The fraction of sp³-hybridized carbons (Fsp3) is 0.233. The number of rotatable bonds is 14. The van der Waals surface area contributed by atoms with E-state index in [1.165, 1.54) is 17.1 Å². The Labute approximate surface area is 254 Å². The van der Waals surface area contributed by atoms with E-state index in [1.807, 2.05) is 30.3 Å². The van der Waals surface area contributed by atoms with Crippen LogP contribution in [0.25, 0.3) is 11.8 Å². The number of hydrogen-bond acceptors (Lipinski definition) is 8. The third-order valence-electron chi connectivity index (χ3n) is 6.16. The molecule has 0 radical (unpaired) electrons. The average molecular weight is 623 g/mol. The number of halogens is 1. The fourth-order valence-corrected chi connectivity index (χ4v) is 6.13. The number of anilines is 1. The number of hydrogen-bond donors (Lipinski definition) is 2. The van der Waals surface area contributed by atoms with Crippen molar-refractivity contribution in [2.24, 2.45) is 0 Å². The van der Waals surface area contributed by atoms with Crippen LogP contribution in [0.15, 0.2) is 85.2 Å². The number of tetrazole rings is 1. The van der Waals surface area contributed by atoms with Gasteiger partial charge in [-0.15, -0.1) is 5.10 Å². The summed E-state index contributed by atoms with van der Waals surface area (Å²) in [7, 11) is -3.26.